The van der Waals surface area contributed by atoms with Crippen LogP contribution < -0.4 is 0 Å². The van der Waals surface area contributed by atoms with Crippen molar-refractivity contribution in [1.82, 2.24) is 0 Å². The van der Waals surface area contributed by atoms with Crippen molar-refractivity contribution in [2.24, 2.45) is 5.92 Å². The second-order valence-corrected chi connectivity index (χ2v) is 5.90. The van der Waals surface area contributed by atoms with E-state index in [-0.39, 0.29) is 37.4 Å². The van der Waals surface area contributed by atoms with E-state index >= 15 is 0 Å². The topological polar surface area (TPSA) is 52.6 Å². The summed E-state index contributed by atoms with van der Waals surface area (Å²) < 4.78 is 10.4. The maximum Gasteiger partial charge on any atom is 0.306 e. The van der Waals surface area contributed by atoms with Crippen molar-refractivity contribution in [3.05, 3.63) is 34.9 Å². The molecule has 4 nitrogen and oxygen atoms in total. The fraction of sp³-hybridized carbons (Fsp3) is 0.529. The maximum atomic E-state index is 11.7. The van der Waals surface area contributed by atoms with E-state index in [0.29, 0.717) is 5.02 Å². The highest BCUT2D eigenvalue weighted by atomic mass is 35.5. The highest BCUT2D eigenvalue weighted by molar-refractivity contribution is 6.30. The average Bonchev–Trinajstić information content (AvgIpc) is 2.49. The highest BCUT2D eigenvalue weighted by Crippen LogP contribution is 2.13. The van der Waals surface area contributed by atoms with Crippen LogP contribution in [0.1, 0.15) is 45.6 Å². The molecule has 0 fully saturated rings. The second kappa shape index (κ2) is 9.46. The summed E-state index contributed by atoms with van der Waals surface area (Å²) >= 11 is 5.78. The smallest absolute Gasteiger partial charge is 0.306 e. The van der Waals surface area contributed by atoms with E-state index < -0.39 is 5.97 Å². The number of halogens is 1. The second-order valence-electron chi connectivity index (χ2n) is 5.47. The van der Waals surface area contributed by atoms with E-state index in [0.717, 1.165) is 12.0 Å². The van der Waals surface area contributed by atoms with Gasteiger partial charge < -0.3 is 9.47 Å². The Balaban J connectivity index is 2.27. The van der Waals surface area contributed by atoms with Crippen LogP contribution >= 0.6 is 11.6 Å². The summed E-state index contributed by atoms with van der Waals surface area (Å²) in [6.07, 6.45) is 0.742. The summed E-state index contributed by atoms with van der Waals surface area (Å²) in [5, 5.41) is 0.633. The summed E-state index contributed by atoms with van der Waals surface area (Å²) in [6, 6.07) is 7.05. The van der Waals surface area contributed by atoms with E-state index in [9.17, 15) is 9.59 Å². The number of ether oxygens (including phenoxy) is 2. The molecule has 0 spiro atoms. The summed E-state index contributed by atoms with van der Waals surface area (Å²) in [5.41, 5.74) is 0.853. The average molecular weight is 327 g/mol. The van der Waals surface area contributed by atoms with Crippen LogP contribution in [0.5, 0.6) is 0 Å². The largest absolute Gasteiger partial charge is 0.462 e. The molecular formula is C17H23ClO4. The number of esters is 2. The van der Waals surface area contributed by atoms with Gasteiger partial charge in [-0.3, -0.25) is 9.59 Å². The van der Waals surface area contributed by atoms with Gasteiger partial charge in [0, 0.05) is 5.02 Å². The first kappa shape index (κ1) is 18.5. The molecule has 5 heteroatoms. The molecule has 122 valence electrons. The molecule has 1 unspecified atom stereocenters. The Hall–Kier alpha value is -1.55. The molecule has 1 aromatic carbocycles. The van der Waals surface area contributed by atoms with Gasteiger partial charge in [-0.1, -0.05) is 44.5 Å². The fourth-order valence-corrected chi connectivity index (χ4v) is 2.07. The summed E-state index contributed by atoms with van der Waals surface area (Å²) in [6.45, 7) is 6.15. The lowest BCUT2D eigenvalue weighted by Crippen LogP contribution is -2.23. The molecule has 0 aromatic heterocycles. The molecule has 0 amide bonds. The van der Waals surface area contributed by atoms with Gasteiger partial charge in [0.1, 0.15) is 12.7 Å². The molecule has 0 N–H and O–H groups in total. The lowest BCUT2D eigenvalue weighted by atomic mass is 10.1. The first-order chi connectivity index (χ1) is 10.4. The van der Waals surface area contributed by atoms with Crippen molar-refractivity contribution < 1.29 is 19.1 Å². The van der Waals surface area contributed by atoms with Gasteiger partial charge in [-0.15, -0.1) is 0 Å². The third kappa shape index (κ3) is 6.94. The van der Waals surface area contributed by atoms with Crippen LogP contribution in [0.15, 0.2) is 24.3 Å². The van der Waals surface area contributed by atoms with Crippen LogP contribution in [0.4, 0.5) is 0 Å². The summed E-state index contributed by atoms with van der Waals surface area (Å²) in [5.74, 6) is -0.501. The van der Waals surface area contributed by atoms with Crippen LogP contribution in [0, 0.1) is 5.92 Å². The molecule has 0 saturated heterocycles. The SMILES string of the molecule is CCC(OC(=O)CCC(=O)OCc1ccc(Cl)cc1)C(C)C. The van der Waals surface area contributed by atoms with Crippen molar-refractivity contribution in [3.63, 3.8) is 0 Å². The minimum atomic E-state index is -0.413. The molecule has 1 atom stereocenters. The molecule has 1 aromatic rings. The number of hydrogen-bond acceptors (Lipinski definition) is 4. The van der Waals surface area contributed by atoms with Crippen LogP contribution in [-0.2, 0) is 25.7 Å². The van der Waals surface area contributed by atoms with Crippen molar-refractivity contribution in [3.8, 4) is 0 Å². The Morgan fingerprint density at radius 2 is 1.68 bits per heavy atom. The monoisotopic (exact) mass is 326 g/mol. The third-order valence-corrected chi connectivity index (χ3v) is 3.53. The lowest BCUT2D eigenvalue weighted by molar-refractivity contribution is -0.155. The zero-order valence-electron chi connectivity index (χ0n) is 13.3. The van der Waals surface area contributed by atoms with Crippen LogP contribution in [0.25, 0.3) is 0 Å². The molecule has 0 aliphatic rings. The van der Waals surface area contributed by atoms with Gasteiger partial charge in [0.25, 0.3) is 0 Å². The van der Waals surface area contributed by atoms with Gasteiger partial charge >= 0.3 is 11.9 Å². The number of rotatable bonds is 8. The highest BCUT2D eigenvalue weighted by Gasteiger charge is 2.17. The van der Waals surface area contributed by atoms with Gasteiger partial charge in [0.05, 0.1) is 12.8 Å². The van der Waals surface area contributed by atoms with Crippen molar-refractivity contribution >= 4 is 23.5 Å². The molecule has 0 heterocycles. The van der Waals surface area contributed by atoms with Gasteiger partial charge in [0.15, 0.2) is 0 Å². The van der Waals surface area contributed by atoms with E-state index in [1.165, 1.54) is 0 Å². The Morgan fingerprint density at radius 3 is 2.23 bits per heavy atom. The normalized spacial score (nSPS) is 12.0. The first-order valence-electron chi connectivity index (χ1n) is 7.52. The molecule has 0 aliphatic carbocycles. The molecule has 22 heavy (non-hydrogen) atoms. The van der Waals surface area contributed by atoms with Gasteiger partial charge in [0.2, 0.25) is 0 Å². The molecule has 1 rings (SSSR count). The Kier molecular flexibility index (Phi) is 7.96. The maximum absolute atomic E-state index is 11.7. The van der Waals surface area contributed by atoms with E-state index in [2.05, 4.69) is 0 Å². The minimum Gasteiger partial charge on any atom is -0.462 e. The molecular weight excluding hydrogens is 304 g/mol. The standard InChI is InChI=1S/C17H23ClO4/c1-4-15(12(2)3)22-17(20)10-9-16(19)21-11-13-5-7-14(18)8-6-13/h5-8,12,15H,4,9-11H2,1-3H3. The van der Waals surface area contributed by atoms with Crippen molar-refractivity contribution in [1.29, 1.82) is 0 Å². The Labute approximate surface area is 136 Å². The lowest BCUT2D eigenvalue weighted by Gasteiger charge is -2.19. The predicted molar refractivity (Wildman–Crippen MR) is 85.5 cm³/mol. The minimum absolute atomic E-state index is 0.0287. The van der Waals surface area contributed by atoms with Crippen molar-refractivity contribution in [2.75, 3.05) is 0 Å². The Bertz CT molecular complexity index is 482. The van der Waals surface area contributed by atoms with E-state index in [1.807, 2.05) is 20.8 Å². The molecule has 0 radical (unpaired) electrons. The third-order valence-electron chi connectivity index (χ3n) is 3.28. The summed E-state index contributed by atoms with van der Waals surface area (Å²) in [7, 11) is 0. The molecule has 0 saturated carbocycles. The number of carbonyl (C=O) groups is 2. The van der Waals surface area contributed by atoms with Gasteiger partial charge in [-0.05, 0) is 30.0 Å². The van der Waals surface area contributed by atoms with E-state index in [1.54, 1.807) is 24.3 Å². The Morgan fingerprint density at radius 1 is 1.09 bits per heavy atom. The predicted octanol–water partition coefficient (Wildman–Crippen LogP) is 4.14. The molecule has 0 aliphatic heterocycles. The quantitative estimate of drug-likeness (QED) is 0.674. The zero-order valence-corrected chi connectivity index (χ0v) is 14.1. The van der Waals surface area contributed by atoms with E-state index in [4.69, 9.17) is 21.1 Å². The van der Waals surface area contributed by atoms with Gasteiger partial charge in [-0.2, -0.15) is 0 Å². The van der Waals surface area contributed by atoms with Crippen LogP contribution in [0.3, 0.4) is 0 Å². The number of carbonyl (C=O) groups excluding carboxylic acids is 2. The number of benzene rings is 1. The van der Waals surface area contributed by atoms with Gasteiger partial charge in [-0.25, -0.2) is 0 Å². The van der Waals surface area contributed by atoms with Crippen molar-refractivity contribution in [2.45, 2.75) is 52.7 Å². The molecule has 0 bridgehead atoms. The zero-order chi connectivity index (χ0) is 16.5. The fourth-order valence-electron chi connectivity index (χ4n) is 1.94. The van der Waals surface area contributed by atoms with Crippen LogP contribution in [-0.4, -0.2) is 18.0 Å². The first-order valence-corrected chi connectivity index (χ1v) is 7.89. The van der Waals surface area contributed by atoms with Crippen LogP contribution in [0.2, 0.25) is 5.02 Å². The number of hydrogen-bond donors (Lipinski definition) is 0. The summed E-state index contributed by atoms with van der Waals surface area (Å²) in [4.78, 5) is 23.3.